The van der Waals surface area contributed by atoms with Gasteiger partial charge < -0.3 is 5.32 Å². The summed E-state index contributed by atoms with van der Waals surface area (Å²) in [6, 6.07) is 0. The van der Waals surface area contributed by atoms with Gasteiger partial charge in [0, 0.05) is 12.5 Å². The minimum absolute atomic E-state index is 0.00388. The topological polar surface area (TPSA) is 46.2 Å². The van der Waals surface area contributed by atoms with Gasteiger partial charge in [0.05, 0.1) is 0 Å². The van der Waals surface area contributed by atoms with Crippen LogP contribution in [0.1, 0.15) is 33.1 Å². The molecular weight excluding hydrogens is 202 g/mol. The van der Waals surface area contributed by atoms with Crippen LogP contribution in [0.4, 0.5) is 0 Å². The summed E-state index contributed by atoms with van der Waals surface area (Å²) in [5.41, 5.74) is 0. The fourth-order valence-corrected chi connectivity index (χ4v) is 1.41. The molecule has 0 fully saturated rings. The highest BCUT2D eigenvalue weighted by atomic mass is 35.5. The first-order valence-corrected chi connectivity index (χ1v) is 5.48. The summed E-state index contributed by atoms with van der Waals surface area (Å²) in [7, 11) is 0. The van der Waals surface area contributed by atoms with Gasteiger partial charge in [-0.05, 0) is 26.2 Å². The van der Waals surface area contributed by atoms with Crippen molar-refractivity contribution in [3.05, 3.63) is 0 Å². The Hall–Kier alpha value is -0.570. The number of nitrogens with one attached hydrogen (secondary N) is 1. The average molecular weight is 220 g/mol. The molecule has 0 saturated heterocycles. The molecule has 1 atom stereocenters. The molecule has 4 heteroatoms. The summed E-state index contributed by atoms with van der Waals surface area (Å²) in [5.74, 6) is 0.228. The van der Waals surface area contributed by atoms with E-state index in [9.17, 15) is 9.59 Å². The quantitative estimate of drug-likeness (QED) is 0.524. The number of halogens is 1. The highest BCUT2D eigenvalue weighted by Gasteiger charge is 2.10. The van der Waals surface area contributed by atoms with Gasteiger partial charge in [0.2, 0.25) is 5.91 Å². The van der Waals surface area contributed by atoms with Crippen LogP contribution in [0.5, 0.6) is 0 Å². The van der Waals surface area contributed by atoms with E-state index in [1.807, 2.05) is 6.92 Å². The Morgan fingerprint density at radius 3 is 2.50 bits per heavy atom. The molecule has 0 heterocycles. The molecule has 0 aromatic carbocycles. The highest BCUT2D eigenvalue weighted by molar-refractivity contribution is 6.27. The van der Waals surface area contributed by atoms with Crippen molar-refractivity contribution < 1.29 is 9.59 Å². The first-order valence-electron chi connectivity index (χ1n) is 4.94. The predicted octanol–water partition coefficient (Wildman–Crippen LogP) is 1.74. The van der Waals surface area contributed by atoms with Crippen LogP contribution < -0.4 is 5.32 Å². The summed E-state index contributed by atoms with van der Waals surface area (Å²) in [5, 5.41) is 2.67. The fraction of sp³-hybridized carbons (Fsp3) is 0.800. The van der Waals surface area contributed by atoms with E-state index in [0.29, 0.717) is 6.54 Å². The molecule has 1 unspecified atom stereocenters. The van der Waals surface area contributed by atoms with E-state index in [4.69, 9.17) is 11.6 Å². The second-order valence-corrected chi connectivity index (χ2v) is 3.61. The molecule has 1 N–H and O–H groups in total. The van der Waals surface area contributed by atoms with Gasteiger partial charge in [-0.15, -0.1) is 11.6 Å². The predicted molar refractivity (Wildman–Crippen MR) is 57.4 cm³/mol. The second-order valence-electron chi connectivity index (χ2n) is 3.34. The van der Waals surface area contributed by atoms with Gasteiger partial charge >= 0.3 is 0 Å². The van der Waals surface area contributed by atoms with Gasteiger partial charge in [0.1, 0.15) is 11.7 Å². The maximum Gasteiger partial charge on any atom is 0.234 e. The molecule has 0 aliphatic rings. The summed E-state index contributed by atoms with van der Waals surface area (Å²) < 4.78 is 0. The first-order chi connectivity index (χ1) is 6.61. The van der Waals surface area contributed by atoms with E-state index in [2.05, 4.69) is 5.32 Å². The Bertz CT molecular complexity index is 195. The van der Waals surface area contributed by atoms with Gasteiger partial charge in [0.25, 0.3) is 0 Å². The minimum atomic E-state index is -0.150. The van der Waals surface area contributed by atoms with E-state index in [1.54, 1.807) is 6.92 Å². The summed E-state index contributed by atoms with van der Waals surface area (Å²) >= 11 is 5.31. The Labute approximate surface area is 90.2 Å². The average Bonchev–Trinajstić information content (AvgIpc) is 2.16. The van der Waals surface area contributed by atoms with E-state index in [1.165, 1.54) is 0 Å². The monoisotopic (exact) mass is 219 g/mol. The third kappa shape index (κ3) is 5.97. The molecule has 0 saturated carbocycles. The molecule has 0 spiro atoms. The lowest BCUT2D eigenvalue weighted by molar-refractivity contribution is -0.121. The number of hydrogen-bond donors (Lipinski definition) is 1. The van der Waals surface area contributed by atoms with E-state index >= 15 is 0 Å². The van der Waals surface area contributed by atoms with Crippen LogP contribution in [0.3, 0.4) is 0 Å². The molecule has 1 amide bonds. The maximum atomic E-state index is 11.1. The van der Waals surface area contributed by atoms with Crippen molar-refractivity contribution in [2.75, 3.05) is 12.4 Å². The normalized spacial score (nSPS) is 12.2. The lowest BCUT2D eigenvalue weighted by atomic mass is 9.96. The van der Waals surface area contributed by atoms with Crippen LogP contribution in [0, 0.1) is 5.92 Å². The zero-order valence-corrected chi connectivity index (χ0v) is 9.56. The Morgan fingerprint density at radius 1 is 1.43 bits per heavy atom. The minimum Gasteiger partial charge on any atom is -0.355 e. The Morgan fingerprint density at radius 2 is 2.07 bits per heavy atom. The Balaban J connectivity index is 3.52. The number of ketones is 1. The summed E-state index contributed by atoms with van der Waals surface area (Å²) in [4.78, 5) is 21.8. The smallest absolute Gasteiger partial charge is 0.234 e. The lowest BCUT2D eigenvalue weighted by Crippen LogP contribution is -2.26. The third-order valence-electron chi connectivity index (χ3n) is 2.24. The van der Waals surface area contributed by atoms with Crippen LogP contribution in [-0.4, -0.2) is 24.1 Å². The number of carbonyl (C=O) groups excluding carboxylic acids is 2. The summed E-state index contributed by atoms with van der Waals surface area (Å²) in [6.07, 6.45) is 2.55. The van der Waals surface area contributed by atoms with Crippen molar-refractivity contribution in [2.24, 2.45) is 5.92 Å². The molecule has 0 radical (unpaired) electrons. The molecular formula is C10H18ClNO2. The molecule has 0 rings (SSSR count). The number of carbonyl (C=O) groups is 2. The molecule has 0 aliphatic heterocycles. The molecule has 82 valence electrons. The lowest BCUT2D eigenvalue weighted by Gasteiger charge is -2.10. The number of hydrogen-bond acceptors (Lipinski definition) is 2. The van der Waals surface area contributed by atoms with Crippen molar-refractivity contribution >= 4 is 23.3 Å². The molecule has 0 aromatic rings. The number of alkyl halides is 1. The molecule has 0 aliphatic carbocycles. The maximum absolute atomic E-state index is 11.1. The molecule has 0 aromatic heterocycles. The zero-order chi connectivity index (χ0) is 11.0. The number of amides is 1. The largest absolute Gasteiger partial charge is 0.355 e. The molecule has 0 bridgehead atoms. The van der Waals surface area contributed by atoms with Crippen LogP contribution in [-0.2, 0) is 9.59 Å². The number of Topliss-reactive ketones (excluding diaryl/α,β-unsaturated/α-hetero) is 1. The van der Waals surface area contributed by atoms with Crippen LogP contribution in [0.2, 0.25) is 0 Å². The van der Waals surface area contributed by atoms with Crippen molar-refractivity contribution in [3.63, 3.8) is 0 Å². The highest BCUT2D eigenvalue weighted by Crippen LogP contribution is 2.11. The zero-order valence-electron chi connectivity index (χ0n) is 8.81. The SMILES string of the molecule is CCC(CCCNC(=O)CCl)C(C)=O. The summed E-state index contributed by atoms with van der Waals surface area (Å²) in [6.45, 7) is 4.23. The van der Waals surface area contributed by atoms with E-state index in [-0.39, 0.29) is 23.5 Å². The van der Waals surface area contributed by atoms with Crippen molar-refractivity contribution in [1.82, 2.24) is 5.32 Å². The first kappa shape index (κ1) is 13.4. The number of rotatable bonds is 7. The standard InChI is InChI=1S/C10H18ClNO2/c1-3-9(8(2)13)5-4-6-12-10(14)7-11/h9H,3-7H2,1-2H3,(H,12,14). The van der Waals surface area contributed by atoms with E-state index in [0.717, 1.165) is 19.3 Å². The van der Waals surface area contributed by atoms with Crippen LogP contribution in [0.25, 0.3) is 0 Å². The van der Waals surface area contributed by atoms with Gasteiger partial charge in [-0.2, -0.15) is 0 Å². The molecule has 14 heavy (non-hydrogen) atoms. The second kappa shape index (κ2) is 7.80. The van der Waals surface area contributed by atoms with Crippen molar-refractivity contribution in [3.8, 4) is 0 Å². The van der Waals surface area contributed by atoms with Gasteiger partial charge in [-0.25, -0.2) is 0 Å². The molecule has 3 nitrogen and oxygen atoms in total. The van der Waals surface area contributed by atoms with Crippen molar-refractivity contribution in [1.29, 1.82) is 0 Å². The van der Waals surface area contributed by atoms with Crippen LogP contribution >= 0.6 is 11.6 Å². The van der Waals surface area contributed by atoms with Crippen LogP contribution in [0.15, 0.2) is 0 Å². The van der Waals surface area contributed by atoms with Crippen molar-refractivity contribution in [2.45, 2.75) is 33.1 Å². The van der Waals surface area contributed by atoms with Gasteiger partial charge in [-0.1, -0.05) is 6.92 Å². The van der Waals surface area contributed by atoms with Gasteiger partial charge in [-0.3, -0.25) is 9.59 Å². The van der Waals surface area contributed by atoms with Gasteiger partial charge in [0.15, 0.2) is 0 Å². The third-order valence-corrected chi connectivity index (χ3v) is 2.48. The fourth-order valence-electron chi connectivity index (χ4n) is 1.32. The van der Waals surface area contributed by atoms with E-state index < -0.39 is 0 Å². The Kier molecular flexibility index (Phi) is 7.48.